The van der Waals surface area contributed by atoms with Crippen LogP contribution in [0.1, 0.15) is 163 Å². The Bertz CT molecular complexity index is 816. The van der Waals surface area contributed by atoms with Crippen molar-refractivity contribution in [2.45, 2.75) is 192 Å². The number of rotatable bonds is 8. The first kappa shape index (κ1) is 33.1. The molecule has 10 unspecified atom stereocenters. The first-order chi connectivity index (χ1) is 20.9. The Balaban J connectivity index is 1.29. The summed E-state index contributed by atoms with van der Waals surface area (Å²) in [6.45, 7) is 9.96. The van der Waals surface area contributed by atoms with Crippen LogP contribution >= 0.6 is 11.6 Å². The first-order valence-electron chi connectivity index (χ1n) is 20.1. The van der Waals surface area contributed by atoms with Gasteiger partial charge in [-0.1, -0.05) is 111 Å². The predicted octanol–water partition coefficient (Wildman–Crippen LogP) is 10.8. The fourth-order valence-corrected chi connectivity index (χ4v) is 13.0. The van der Waals surface area contributed by atoms with Gasteiger partial charge in [-0.3, -0.25) is 0 Å². The Labute approximate surface area is 272 Å². The molecule has 2 N–H and O–H groups in total. The zero-order valence-corrected chi connectivity index (χ0v) is 29.6. The van der Waals surface area contributed by atoms with Crippen molar-refractivity contribution < 1.29 is 0 Å². The average Bonchev–Trinajstić information content (AvgIpc) is 3.04. The molecule has 0 aromatic carbocycles. The molecule has 0 amide bonds. The lowest BCUT2D eigenvalue weighted by atomic mass is 9.61. The quantitative estimate of drug-likeness (QED) is 0.266. The second-order valence-corrected chi connectivity index (χ2v) is 18.3. The average molecular weight is 615 g/mol. The third kappa shape index (κ3) is 7.69. The normalized spacial score (nSPS) is 44.3. The second-order valence-electron chi connectivity index (χ2n) is 17.7. The van der Waals surface area contributed by atoms with Gasteiger partial charge in [0.1, 0.15) is 0 Å². The summed E-state index contributed by atoms with van der Waals surface area (Å²) in [5.41, 5.74) is 0. The smallest absolute Gasteiger partial charge is 0.0342 e. The van der Waals surface area contributed by atoms with Gasteiger partial charge in [0.05, 0.1) is 0 Å². The number of alkyl halides is 1. The highest BCUT2D eigenvalue weighted by Crippen LogP contribution is 2.49. The monoisotopic (exact) mass is 615 g/mol. The van der Waals surface area contributed by atoms with Crippen molar-refractivity contribution in [3.05, 3.63) is 0 Å². The van der Waals surface area contributed by atoms with E-state index in [1.807, 2.05) is 0 Å². The van der Waals surface area contributed by atoms with Gasteiger partial charge >= 0.3 is 0 Å². The van der Waals surface area contributed by atoms with E-state index < -0.39 is 0 Å². The number of piperidine rings is 1. The predicted molar refractivity (Wildman–Crippen MR) is 186 cm³/mol. The molecule has 5 saturated carbocycles. The summed E-state index contributed by atoms with van der Waals surface area (Å²) in [6, 6.07) is 2.69. The minimum absolute atomic E-state index is 0.355. The van der Waals surface area contributed by atoms with Crippen LogP contribution in [0.2, 0.25) is 0 Å². The van der Waals surface area contributed by atoms with E-state index in [9.17, 15) is 0 Å². The van der Waals surface area contributed by atoms with Crippen LogP contribution in [0.3, 0.4) is 0 Å². The Hall–Kier alpha value is 0.210. The first-order valence-corrected chi connectivity index (χ1v) is 20.5. The molecule has 10 atom stereocenters. The molecule has 3 heteroatoms. The van der Waals surface area contributed by atoms with E-state index in [2.05, 4.69) is 33.0 Å². The van der Waals surface area contributed by atoms with E-state index in [1.165, 1.54) is 135 Å². The van der Waals surface area contributed by atoms with Crippen LogP contribution in [-0.4, -0.2) is 29.5 Å². The van der Waals surface area contributed by atoms with Gasteiger partial charge in [0, 0.05) is 29.5 Å². The van der Waals surface area contributed by atoms with Gasteiger partial charge in [-0.25, -0.2) is 0 Å². The summed E-state index contributed by atoms with van der Waals surface area (Å²) in [5.74, 6) is 8.59. The summed E-state index contributed by atoms with van der Waals surface area (Å²) in [6.07, 6.45) is 30.7. The summed E-state index contributed by atoms with van der Waals surface area (Å²) in [4.78, 5) is 0. The van der Waals surface area contributed by atoms with E-state index in [-0.39, 0.29) is 0 Å². The third-order valence-electron chi connectivity index (χ3n) is 14.7. The van der Waals surface area contributed by atoms with E-state index in [1.54, 1.807) is 0 Å². The highest BCUT2D eigenvalue weighted by molar-refractivity contribution is 6.20. The fraction of sp³-hybridized carbons (Fsp3) is 1.00. The van der Waals surface area contributed by atoms with Crippen molar-refractivity contribution in [2.75, 3.05) is 0 Å². The molecule has 0 aromatic heterocycles. The van der Waals surface area contributed by atoms with Crippen LogP contribution in [0.25, 0.3) is 0 Å². The Morgan fingerprint density at radius 1 is 0.535 bits per heavy atom. The summed E-state index contributed by atoms with van der Waals surface area (Å²) >= 11 is 7.04. The summed E-state index contributed by atoms with van der Waals surface area (Å²) in [5, 5.41) is 9.64. The molecular formula is C40H71ClN2. The molecule has 6 aliphatic rings. The molecule has 0 bridgehead atoms. The van der Waals surface area contributed by atoms with Crippen molar-refractivity contribution in [1.82, 2.24) is 10.6 Å². The Morgan fingerprint density at radius 3 is 1.77 bits per heavy atom. The molecule has 2 nitrogen and oxygen atoms in total. The van der Waals surface area contributed by atoms with Crippen LogP contribution in [0.4, 0.5) is 0 Å². The van der Waals surface area contributed by atoms with Gasteiger partial charge in [0.25, 0.3) is 0 Å². The molecule has 248 valence electrons. The topological polar surface area (TPSA) is 24.1 Å². The summed E-state index contributed by atoms with van der Waals surface area (Å²) < 4.78 is 0. The van der Waals surface area contributed by atoms with E-state index in [0.717, 1.165) is 41.5 Å². The molecule has 6 rings (SSSR count). The molecule has 1 heterocycles. The van der Waals surface area contributed by atoms with Gasteiger partial charge in [-0.2, -0.15) is 0 Å². The lowest BCUT2D eigenvalue weighted by molar-refractivity contribution is 0.0243. The highest BCUT2D eigenvalue weighted by atomic mass is 35.5. The fourth-order valence-electron chi connectivity index (χ4n) is 12.6. The largest absolute Gasteiger partial charge is 0.309 e. The third-order valence-corrected chi connectivity index (χ3v) is 15.1. The Morgan fingerprint density at radius 2 is 1.07 bits per heavy atom. The number of halogens is 1. The number of hydrogen-bond acceptors (Lipinski definition) is 2. The standard InChI is InChI=1S/C40H71ClN2/c1-26(2)35-24-30(41)25-36(27(3)4)39(35)43-40(34-20-11-10-19-32(34)28-14-6-5-7-15-28)38-23-13-22-37(42-38)33-21-12-17-29-16-8-9-18-31(29)33/h26-40,42-43H,5-25H2,1-4H3. The number of nitrogens with one attached hydrogen (secondary N) is 2. The molecule has 5 aliphatic carbocycles. The second kappa shape index (κ2) is 15.4. The van der Waals surface area contributed by atoms with Crippen LogP contribution in [0, 0.1) is 59.2 Å². The maximum Gasteiger partial charge on any atom is 0.0342 e. The van der Waals surface area contributed by atoms with Gasteiger partial charge in [0.2, 0.25) is 0 Å². The Kier molecular flexibility index (Phi) is 11.9. The maximum atomic E-state index is 7.04. The minimum atomic E-state index is 0.355. The lowest BCUT2D eigenvalue weighted by Gasteiger charge is -2.53. The molecule has 0 spiro atoms. The number of fused-ring (bicyclic) bond motifs is 1. The van der Waals surface area contributed by atoms with Crippen molar-refractivity contribution >= 4 is 11.6 Å². The molecule has 1 saturated heterocycles. The minimum Gasteiger partial charge on any atom is -0.309 e. The van der Waals surface area contributed by atoms with Gasteiger partial charge in [-0.05, 0) is 111 Å². The molecular weight excluding hydrogens is 544 g/mol. The van der Waals surface area contributed by atoms with E-state index >= 15 is 0 Å². The zero-order chi connectivity index (χ0) is 29.9. The molecule has 0 aromatic rings. The molecule has 6 fully saturated rings. The maximum absolute atomic E-state index is 7.04. The van der Waals surface area contributed by atoms with Crippen LogP contribution in [0.15, 0.2) is 0 Å². The van der Waals surface area contributed by atoms with Crippen molar-refractivity contribution in [3.63, 3.8) is 0 Å². The van der Waals surface area contributed by atoms with Crippen molar-refractivity contribution in [3.8, 4) is 0 Å². The van der Waals surface area contributed by atoms with E-state index in [0.29, 0.717) is 47.2 Å². The van der Waals surface area contributed by atoms with Gasteiger partial charge < -0.3 is 10.6 Å². The lowest BCUT2D eigenvalue weighted by Crippen LogP contribution is -2.64. The zero-order valence-electron chi connectivity index (χ0n) is 28.9. The summed E-state index contributed by atoms with van der Waals surface area (Å²) in [7, 11) is 0. The molecule has 0 radical (unpaired) electrons. The van der Waals surface area contributed by atoms with Crippen molar-refractivity contribution in [2.24, 2.45) is 59.2 Å². The SMILES string of the molecule is CC(C)C1CC(Cl)CC(C(C)C)C1NC(C1CCCC(C2CCCC3CCCCC32)N1)C1CCCCC1C1CCCCC1. The van der Waals surface area contributed by atoms with E-state index in [4.69, 9.17) is 16.9 Å². The van der Waals surface area contributed by atoms with Crippen LogP contribution < -0.4 is 10.6 Å². The highest BCUT2D eigenvalue weighted by Gasteiger charge is 2.47. The number of hydrogen-bond donors (Lipinski definition) is 2. The van der Waals surface area contributed by atoms with Gasteiger partial charge in [0.15, 0.2) is 0 Å². The van der Waals surface area contributed by atoms with Crippen LogP contribution in [-0.2, 0) is 0 Å². The van der Waals surface area contributed by atoms with Crippen LogP contribution in [0.5, 0.6) is 0 Å². The molecule has 1 aliphatic heterocycles. The van der Waals surface area contributed by atoms with Gasteiger partial charge in [-0.15, -0.1) is 11.6 Å². The molecule has 43 heavy (non-hydrogen) atoms. The van der Waals surface area contributed by atoms with Crippen molar-refractivity contribution in [1.29, 1.82) is 0 Å².